The standard InChI is InChI=1S/C19H40NO3/c1-5-6-7-8-9-10-11-12-13-14-15-23-19(22)16-18(21)17-20(2,3)4/h18,21H,5-17H2,1-4H3/q+1. The fourth-order valence-corrected chi connectivity index (χ4v) is 2.72. The molecule has 0 aromatic carbocycles. The number of hydrogen-bond donors (Lipinski definition) is 1. The highest BCUT2D eigenvalue weighted by Crippen LogP contribution is 2.10. The summed E-state index contributed by atoms with van der Waals surface area (Å²) in [6, 6.07) is 0. The predicted octanol–water partition coefficient (Wildman–Crippen LogP) is 3.91. The third-order valence-electron chi connectivity index (χ3n) is 3.92. The van der Waals surface area contributed by atoms with Gasteiger partial charge in [0.2, 0.25) is 0 Å². The average molecular weight is 331 g/mol. The van der Waals surface area contributed by atoms with E-state index in [0.29, 0.717) is 17.6 Å². The lowest BCUT2D eigenvalue weighted by Crippen LogP contribution is -2.42. The molecule has 0 aromatic rings. The van der Waals surface area contributed by atoms with Crippen molar-refractivity contribution >= 4 is 5.97 Å². The zero-order valence-electron chi connectivity index (χ0n) is 16.0. The molecule has 0 spiro atoms. The van der Waals surface area contributed by atoms with Crippen molar-refractivity contribution in [2.75, 3.05) is 34.3 Å². The van der Waals surface area contributed by atoms with Crippen molar-refractivity contribution in [2.45, 2.75) is 83.7 Å². The van der Waals surface area contributed by atoms with Crippen LogP contribution in [0.4, 0.5) is 0 Å². The summed E-state index contributed by atoms with van der Waals surface area (Å²) >= 11 is 0. The van der Waals surface area contributed by atoms with Gasteiger partial charge >= 0.3 is 5.97 Å². The number of esters is 1. The topological polar surface area (TPSA) is 46.5 Å². The first-order valence-corrected chi connectivity index (χ1v) is 9.49. The van der Waals surface area contributed by atoms with Gasteiger partial charge in [-0.1, -0.05) is 64.7 Å². The summed E-state index contributed by atoms with van der Waals surface area (Å²) in [5, 5.41) is 9.82. The Morgan fingerprint density at radius 3 is 1.87 bits per heavy atom. The lowest BCUT2D eigenvalue weighted by atomic mass is 10.1. The minimum Gasteiger partial charge on any atom is -0.466 e. The second kappa shape index (κ2) is 13.8. The fraction of sp³-hybridized carbons (Fsp3) is 0.947. The first kappa shape index (κ1) is 22.4. The number of carbonyl (C=O) groups is 1. The van der Waals surface area contributed by atoms with Gasteiger partial charge in [-0.05, 0) is 6.42 Å². The SMILES string of the molecule is CCCCCCCCCCCCOC(=O)CC(O)C[N+](C)(C)C. The molecule has 0 heterocycles. The monoisotopic (exact) mass is 330 g/mol. The summed E-state index contributed by atoms with van der Waals surface area (Å²) in [4.78, 5) is 11.6. The Bertz CT molecular complexity index is 287. The van der Waals surface area contributed by atoms with E-state index in [9.17, 15) is 9.90 Å². The third kappa shape index (κ3) is 17.6. The van der Waals surface area contributed by atoms with E-state index in [1.807, 2.05) is 21.1 Å². The number of ether oxygens (including phenoxy) is 1. The summed E-state index contributed by atoms with van der Waals surface area (Å²) in [6.07, 6.45) is 12.2. The molecule has 0 rings (SSSR count). The van der Waals surface area contributed by atoms with Gasteiger partial charge < -0.3 is 14.3 Å². The van der Waals surface area contributed by atoms with Gasteiger partial charge in [-0.25, -0.2) is 0 Å². The molecule has 23 heavy (non-hydrogen) atoms. The van der Waals surface area contributed by atoms with Crippen LogP contribution in [0, 0.1) is 0 Å². The number of likely N-dealkylation sites (N-methyl/N-ethyl adjacent to an activating group) is 1. The number of hydrogen-bond acceptors (Lipinski definition) is 3. The van der Waals surface area contributed by atoms with Crippen molar-refractivity contribution in [2.24, 2.45) is 0 Å². The summed E-state index contributed by atoms with van der Waals surface area (Å²) < 4.78 is 5.84. The van der Waals surface area contributed by atoms with Crippen LogP contribution in [-0.2, 0) is 9.53 Å². The lowest BCUT2D eigenvalue weighted by molar-refractivity contribution is -0.873. The van der Waals surface area contributed by atoms with Crippen molar-refractivity contribution in [3.63, 3.8) is 0 Å². The first-order valence-electron chi connectivity index (χ1n) is 9.49. The molecule has 1 atom stereocenters. The van der Waals surface area contributed by atoms with Crippen LogP contribution in [0.2, 0.25) is 0 Å². The van der Waals surface area contributed by atoms with Crippen LogP contribution < -0.4 is 0 Å². The highest BCUT2D eigenvalue weighted by molar-refractivity contribution is 5.69. The lowest BCUT2D eigenvalue weighted by Gasteiger charge is -2.26. The van der Waals surface area contributed by atoms with Crippen LogP contribution in [-0.4, -0.2) is 56.0 Å². The molecule has 0 amide bonds. The number of unbranched alkanes of at least 4 members (excludes halogenated alkanes) is 9. The van der Waals surface area contributed by atoms with Crippen molar-refractivity contribution in [3.05, 3.63) is 0 Å². The smallest absolute Gasteiger partial charge is 0.308 e. The number of aliphatic hydroxyl groups is 1. The molecule has 0 aliphatic carbocycles. The molecule has 0 aromatic heterocycles. The van der Waals surface area contributed by atoms with E-state index < -0.39 is 6.10 Å². The molecule has 0 bridgehead atoms. The van der Waals surface area contributed by atoms with Crippen LogP contribution in [0.1, 0.15) is 77.6 Å². The molecule has 138 valence electrons. The summed E-state index contributed by atoms with van der Waals surface area (Å²) in [7, 11) is 6.00. The van der Waals surface area contributed by atoms with Crippen LogP contribution in [0.25, 0.3) is 0 Å². The molecule has 0 aliphatic rings. The molecule has 1 N–H and O–H groups in total. The maximum absolute atomic E-state index is 11.6. The Kier molecular flexibility index (Phi) is 13.4. The molecule has 0 saturated carbocycles. The number of carbonyl (C=O) groups excluding carboxylic acids is 1. The summed E-state index contributed by atoms with van der Waals surface area (Å²) in [5.41, 5.74) is 0. The van der Waals surface area contributed by atoms with E-state index in [0.717, 1.165) is 12.8 Å². The van der Waals surface area contributed by atoms with Crippen LogP contribution in [0.5, 0.6) is 0 Å². The van der Waals surface area contributed by atoms with Gasteiger partial charge in [-0.3, -0.25) is 4.79 Å². The minimum absolute atomic E-state index is 0.104. The third-order valence-corrected chi connectivity index (χ3v) is 3.92. The Morgan fingerprint density at radius 2 is 1.39 bits per heavy atom. The largest absolute Gasteiger partial charge is 0.466 e. The van der Waals surface area contributed by atoms with E-state index in [1.165, 1.54) is 51.4 Å². The van der Waals surface area contributed by atoms with Crippen molar-refractivity contribution in [1.29, 1.82) is 0 Å². The quantitative estimate of drug-likeness (QED) is 0.281. The molecule has 0 aliphatic heterocycles. The highest BCUT2D eigenvalue weighted by Gasteiger charge is 2.19. The van der Waals surface area contributed by atoms with Gasteiger partial charge in [0.05, 0.1) is 34.2 Å². The van der Waals surface area contributed by atoms with Crippen molar-refractivity contribution in [1.82, 2.24) is 0 Å². The molecule has 4 heteroatoms. The number of quaternary nitrogens is 1. The second-order valence-corrected chi connectivity index (χ2v) is 7.73. The zero-order valence-corrected chi connectivity index (χ0v) is 16.0. The molecule has 4 nitrogen and oxygen atoms in total. The van der Waals surface area contributed by atoms with Gasteiger partial charge in [-0.2, -0.15) is 0 Å². The van der Waals surface area contributed by atoms with Crippen LogP contribution in [0.3, 0.4) is 0 Å². The average Bonchev–Trinajstić information content (AvgIpc) is 2.42. The molecule has 0 radical (unpaired) electrons. The van der Waals surface area contributed by atoms with E-state index in [1.54, 1.807) is 0 Å². The van der Waals surface area contributed by atoms with E-state index in [4.69, 9.17) is 4.74 Å². The van der Waals surface area contributed by atoms with Gasteiger partial charge in [0, 0.05) is 0 Å². The normalized spacial score (nSPS) is 13.1. The number of nitrogens with zero attached hydrogens (tertiary/aromatic N) is 1. The number of aliphatic hydroxyl groups excluding tert-OH is 1. The summed E-state index contributed by atoms with van der Waals surface area (Å²) in [5.74, 6) is -0.276. The Hall–Kier alpha value is -0.610. The zero-order chi connectivity index (χ0) is 17.6. The molecule has 1 unspecified atom stereocenters. The van der Waals surface area contributed by atoms with Crippen molar-refractivity contribution in [3.8, 4) is 0 Å². The first-order chi connectivity index (χ1) is 10.8. The maximum atomic E-state index is 11.6. The molecular weight excluding hydrogens is 290 g/mol. The maximum Gasteiger partial charge on any atom is 0.308 e. The Balaban J connectivity index is 3.36. The molecule has 0 fully saturated rings. The minimum atomic E-state index is -0.616. The Morgan fingerprint density at radius 1 is 0.913 bits per heavy atom. The van der Waals surface area contributed by atoms with E-state index >= 15 is 0 Å². The predicted molar refractivity (Wildman–Crippen MR) is 96.3 cm³/mol. The van der Waals surface area contributed by atoms with E-state index in [2.05, 4.69) is 6.92 Å². The van der Waals surface area contributed by atoms with Crippen LogP contribution in [0.15, 0.2) is 0 Å². The molecular formula is C19H40NO3+. The van der Waals surface area contributed by atoms with E-state index in [-0.39, 0.29) is 12.4 Å². The summed E-state index contributed by atoms with van der Waals surface area (Å²) in [6.45, 7) is 3.30. The number of rotatable bonds is 15. The highest BCUT2D eigenvalue weighted by atomic mass is 16.5. The second-order valence-electron chi connectivity index (χ2n) is 7.73. The van der Waals surface area contributed by atoms with Gasteiger partial charge in [0.15, 0.2) is 0 Å². The van der Waals surface area contributed by atoms with Gasteiger partial charge in [0.25, 0.3) is 0 Å². The van der Waals surface area contributed by atoms with Gasteiger partial charge in [-0.15, -0.1) is 0 Å². The van der Waals surface area contributed by atoms with Gasteiger partial charge in [0.1, 0.15) is 12.6 Å². The fourth-order valence-electron chi connectivity index (χ4n) is 2.72. The Labute approximate surface area is 143 Å². The molecule has 0 saturated heterocycles. The van der Waals surface area contributed by atoms with Crippen LogP contribution >= 0.6 is 0 Å². The van der Waals surface area contributed by atoms with Crippen molar-refractivity contribution < 1.29 is 19.1 Å².